The van der Waals surface area contributed by atoms with E-state index < -0.39 is 10.8 Å². The third kappa shape index (κ3) is 5.27. The minimum atomic E-state index is -0.593. The molecule has 148 valence electrons. The smallest absolute Gasteiger partial charge is 0.293 e. The van der Waals surface area contributed by atoms with Crippen molar-refractivity contribution in [2.45, 2.75) is 6.54 Å². The van der Waals surface area contributed by atoms with Gasteiger partial charge >= 0.3 is 0 Å². The van der Waals surface area contributed by atoms with Crippen LogP contribution < -0.4 is 5.43 Å². The third-order valence-corrected chi connectivity index (χ3v) is 4.89. The number of nitrogens with one attached hydrogen (secondary N) is 1. The number of carbonyl (C=O) groups excluding carboxylic acids is 1. The Kier molecular flexibility index (Phi) is 6.39. The number of nitrogens with zero attached hydrogens (tertiary/aromatic N) is 4. The number of nitro groups is 1. The molecule has 1 amide bonds. The molecule has 0 radical (unpaired) electrons. The number of hydrogen-bond donors (Lipinski definition) is 2. The van der Waals surface area contributed by atoms with Crippen LogP contribution in [0, 0.1) is 10.1 Å². The first-order valence-electron chi connectivity index (χ1n) is 8.11. The van der Waals surface area contributed by atoms with Crippen molar-refractivity contribution in [3.63, 3.8) is 0 Å². The van der Waals surface area contributed by atoms with Gasteiger partial charge in [0.05, 0.1) is 22.2 Å². The Morgan fingerprint density at radius 2 is 2.00 bits per heavy atom. The first-order valence-corrected chi connectivity index (χ1v) is 9.70. The molecule has 0 atom stereocenters. The molecule has 2 N–H and O–H groups in total. The Morgan fingerprint density at radius 3 is 2.69 bits per heavy atom. The van der Waals surface area contributed by atoms with Crippen LogP contribution in [-0.2, 0) is 6.54 Å². The number of phenolic OH excluding ortho intramolecular Hbond substituents is 1. The van der Waals surface area contributed by atoms with Crippen LogP contribution in [-0.4, -0.2) is 31.9 Å². The Balaban J connectivity index is 1.69. The highest BCUT2D eigenvalue weighted by Gasteiger charge is 2.15. The summed E-state index contributed by atoms with van der Waals surface area (Å²) in [6.45, 7) is 0.476. The summed E-state index contributed by atoms with van der Waals surface area (Å²) in [6, 6.07) is 11.2. The van der Waals surface area contributed by atoms with Gasteiger partial charge in [-0.2, -0.15) is 10.2 Å². The molecule has 0 aliphatic rings. The molecule has 29 heavy (non-hydrogen) atoms. The number of rotatable bonds is 6. The highest BCUT2D eigenvalue weighted by atomic mass is 79.9. The molecule has 2 aromatic carbocycles. The summed E-state index contributed by atoms with van der Waals surface area (Å²) in [7, 11) is 0. The Bertz CT molecular complexity index is 1100. The molecule has 0 spiro atoms. The number of hydrazone groups is 1. The number of hydrogen-bond acceptors (Lipinski definition) is 6. The number of nitro benzene ring substituents is 1. The van der Waals surface area contributed by atoms with Crippen molar-refractivity contribution in [3.8, 4) is 5.75 Å². The molecule has 9 nitrogen and oxygen atoms in total. The van der Waals surface area contributed by atoms with Crippen LogP contribution in [0.2, 0.25) is 0 Å². The van der Waals surface area contributed by atoms with Crippen LogP contribution in [0.3, 0.4) is 0 Å². The van der Waals surface area contributed by atoms with Gasteiger partial charge in [0.2, 0.25) is 0 Å². The van der Waals surface area contributed by atoms with E-state index in [0.29, 0.717) is 11.0 Å². The number of non-ortho nitro benzene ring substituents is 1. The van der Waals surface area contributed by atoms with E-state index in [0.717, 1.165) is 22.3 Å². The number of aromatic nitrogens is 2. The SMILES string of the molecule is O=C(N/N=C/c1cc([N+](=O)[O-])ccc1O)c1nn(Cc2ccc(Br)cc2)cc1Br. The van der Waals surface area contributed by atoms with E-state index in [2.05, 4.69) is 47.5 Å². The molecule has 1 heterocycles. The predicted octanol–water partition coefficient (Wildman–Crippen LogP) is 3.83. The van der Waals surface area contributed by atoms with Crippen molar-refractivity contribution in [2.24, 2.45) is 5.10 Å². The number of phenols is 1. The van der Waals surface area contributed by atoms with Crippen LogP contribution in [0.1, 0.15) is 21.6 Å². The van der Waals surface area contributed by atoms with Crippen molar-refractivity contribution in [1.29, 1.82) is 0 Å². The van der Waals surface area contributed by atoms with Crippen LogP contribution in [0.4, 0.5) is 5.69 Å². The monoisotopic (exact) mass is 521 g/mol. The normalized spacial score (nSPS) is 11.0. The molecular weight excluding hydrogens is 510 g/mol. The van der Waals surface area contributed by atoms with Gasteiger partial charge < -0.3 is 5.11 Å². The van der Waals surface area contributed by atoms with E-state index in [4.69, 9.17) is 0 Å². The fourth-order valence-corrected chi connectivity index (χ4v) is 3.14. The predicted molar refractivity (Wildman–Crippen MR) is 113 cm³/mol. The minimum Gasteiger partial charge on any atom is -0.507 e. The zero-order valence-corrected chi connectivity index (χ0v) is 17.8. The van der Waals surface area contributed by atoms with Gasteiger partial charge in [-0.25, -0.2) is 5.43 Å². The fraction of sp³-hybridized carbons (Fsp3) is 0.0556. The summed E-state index contributed by atoms with van der Waals surface area (Å²) in [5.74, 6) is -0.777. The average molecular weight is 523 g/mol. The number of carbonyl (C=O) groups is 1. The molecule has 3 rings (SSSR count). The van der Waals surface area contributed by atoms with E-state index >= 15 is 0 Å². The van der Waals surface area contributed by atoms with Crippen LogP contribution in [0.15, 0.2) is 62.7 Å². The maximum atomic E-state index is 12.3. The van der Waals surface area contributed by atoms with Crippen molar-refractivity contribution < 1.29 is 14.8 Å². The van der Waals surface area contributed by atoms with Crippen molar-refractivity contribution in [2.75, 3.05) is 0 Å². The molecule has 1 aromatic heterocycles. The maximum Gasteiger partial charge on any atom is 0.293 e. The number of benzene rings is 2. The molecule has 0 saturated carbocycles. The number of halogens is 2. The van der Waals surface area contributed by atoms with Crippen molar-refractivity contribution >= 4 is 49.7 Å². The van der Waals surface area contributed by atoms with Gasteiger partial charge in [-0.3, -0.25) is 19.6 Å². The van der Waals surface area contributed by atoms with Gasteiger partial charge in [-0.05, 0) is 39.7 Å². The lowest BCUT2D eigenvalue weighted by Gasteiger charge is -2.02. The Morgan fingerprint density at radius 1 is 1.28 bits per heavy atom. The summed E-state index contributed by atoms with van der Waals surface area (Å²) in [6.07, 6.45) is 2.79. The van der Waals surface area contributed by atoms with Gasteiger partial charge in [0, 0.05) is 28.4 Å². The van der Waals surface area contributed by atoms with Crippen LogP contribution in [0.5, 0.6) is 5.75 Å². The van der Waals surface area contributed by atoms with E-state index in [1.165, 1.54) is 12.1 Å². The van der Waals surface area contributed by atoms with Crippen molar-refractivity contribution in [1.82, 2.24) is 15.2 Å². The number of aromatic hydroxyl groups is 1. The molecular formula is C18H13Br2N5O4. The second kappa shape index (κ2) is 8.97. The lowest BCUT2D eigenvalue weighted by atomic mass is 10.2. The Labute approximate surface area is 181 Å². The first-order chi connectivity index (χ1) is 13.8. The van der Waals surface area contributed by atoms with Gasteiger partial charge in [-0.1, -0.05) is 28.1 Å². The molecule has 3 aromatic rings. The highest BCUT2D eigenvalue weighted by Crippen LogP contribution is 2.21. The van der Waals surface area contributed by atoms with Crippen molar-refractivity contribution in [3.05, 3.63) is 84.5 Å². The van der Waals surface area contributed by atoms with Gasteiger partial charge in [0.15, 0.2) is 5.69 Å². The summed E-state index contributed by atoms with van der Waals surface area (Å²) < 4.78 is 3.06. The largest absolute Gasteiger partial charge is 0.507 e. The second-order valence-electron chi connectivity index (χ2n) is 5.85. The Hall–Kier alpha value is -3.05. The maximum absolute atomic E-state index is 12.3. The first kappa shape index (κ1) is 20.7. The lowest BCUT2D eigenvalue weighted by Crippen LogP contribution is -2.19. The second-order valence-corrected chi connectivity index (χ2v) is 7.62. The van der Waals surface area contributed by atoms with Crippen LogP contribution in [0.25, 0.3) is 0 Å². The van der Waals surface area contributed by atoms with E-state index in [-0.39, 0.29) is 22.7 Å². The highest BCUT2D eigenvalue weighted by molar-refractivity contribution is 9.10. The molecule has 0 aliphatic carbocycles. The summed E-state index contributed by atoms with van der Waals surface area (Å²) in [5.41, 5.74) is 3.32. The summed E-state index contributed by atoms with van der Waals surface area (Å²) >= 11 is 6.67. The molecule has 0 fully saturated rings. The quantitative estimate of drug-likeness (QED) is 0.289. The van der Waals surface area contributed by atoms with E-state index in [1.54, 1.807) is 10.9 Å². The molecule has 11 heteroatoms. The molecule has 0 unspecified atom stereocenters. The van der Waals surface area contributed by atoms with Gasteiger partial charge in [0.1, 0.15) is 5.75 Å². The van der Waals surface area contributed by atoms with Crippen LogP contribution >= 0.6 is 31.9 Å². The van der Waals surface area contributed by atoms with Gasteiger partial charge in [-0.15, -0.1) is 0 Å². The van der Waals surface area contributed by atoms with Gasteiger partial charge in [0.25, 0.3) is 11.6 Å². The third-order valence-electron chi connectivity index (χ3n) is 3.78. The molecule has 0 aliphatic heterocycles. The van der Waals surface area contributed by atoms with E-state index in [9.17, 15) is 20.0 Å². The fourth-order valence-electron chi connectivity index (χ4n) is 2.38. The lowest BCUT2D eigenvalue weighted by molar-refractivity contribution is -0.384. The molecule has 0 bridgehead atoms. The standard InChI is InChI=1S/C18H13Br2N5O4/c19-13-3-1-11(2-4-13)9-24-10-15(20)17(23-24)18(27)22-21-8-12-7-14(25(28)29)5-6-16(12)26/h1-8,10,26H,9H2,(H,22,27)/b21-8+. The minimum absolute atomic E-state index is 0.0966. The zero-order valence-electron chi connectivity index (χ0n) is 14.6. The average Bonchev–Trinajstić information content (AvgIpc) is 3.05. The zero-order chi connectivity index (χ0) is 21.0. The summed E-state index contributed by atoms with van der Waals surface area (Å²) in [4.78, 5) is 22.5. The topological polar surface area (TPSA) is 123 Å². The molecule has 0 saturated heterocycles. The number of amides is 1. The summed E-state index contributed by atoms with van der Waals surface area (Å²) in [5, 5.41) is 28.5. The van der Waals surface area contributed by atoms with E-state index in [1.807, 2.05) is 24.3 Å².